The molecule has 1 fully saturated rings. The number of rotatable bonds is 5. The predicted octanol–water partition coefficient (Wildman–Crippen LogP) is 2.28. The van der Waals surface area contributed by atoms with E-state index < -0.39 is 6.09 Å². The summed E-state index contributed by atoms with van der Waals surface area (Å²) < 4.78 is 5.61. The van der Waals surface area contributed by atoms with Crippen LogP contribution >= 0.6 is 0 Å². The number of carboxylic acid groups (broad SMARTS) is 1. The lowest BCUT2D eigenvalue weighted by molar-refractivity contribution is 0.0157. The number of ether oxygens (including phenoxy) is 1. The molecule has 0 aromatic heterocycles. The van der Waals surface area contributed by atoms with Gasteiger partial charge in [0, 0.05) is 11.0 Å². The SMILES string of the molecule is C[C@@H](CO[C@H]1CC[C@H](N=[N+]=[N-])CC1)NC(=O)O. The third-order valence-corrected chi connectivity index (χ3v) is 2.81. The zero-order valence-corrected chi connectivity index (χ0v) is 9.87. The molecule has 7 nitrogen and oxygen atoms in total. The van der Waals surface area contributed by atoms with Gasteiger partial charge >= 0.3 is 6.09 Å². The molecule has 1 atom stereocenters. The minimum atomic E-state index is -1.03. The summed E-state index contributed by atoms with van der Waals surface area (Å²) in [6.45, 7) is 2.14. The van der Waals surface area contributed by atoms with Crippen LogP contribution in [-0.4, -0.2) is 36.0 Å². The molecule has 96 valence electrons. The normalized spacial score (nSPS) is 25.7. The lowest BCUT2D eigenvalue weighted by atomic mass is 9.93. The smallest absolute Gasteiger partial charge is 0.404 e. The molecule has 1 aliphatic carbocycles. The second-order valence-corrected chi connectivity index (χ2v) is 4.32. The van der Waals surface area contributed by atoms with Gasteiger partial charge in [0.25, 0.3) is 0 Å². The maximum Gasteiger partial charge on any atom is 0.404 e. The van der Waals surface area contributed by atoms with E-state index in [1.807, 2.05) is 0 Å². The molecule has 0 spiro atoms. The second kappa shape index (κ2) is 6.98. The maximum absolute atomic E-state index is 10.4. The highest BCUT2D eigenvalue weighted by Crippen LogP contribution is 2.23. The number of azide groups is 1. The number of hydrogen-bond acceptors (Lipinski definition) is 3. The van der Waals surface area contributed by atoms with Crippen molar-refractivity contribution in [2.75, 3.05) is 6.61 Å². The van der Waals surface area contributed by atoms with E-state index in [1.54, 1.807) is 6.92 Å². The molecule has 1 saturated carbocycles. The van der Waals surface area contributed by atoms with Crippen molar-refractivity contribution in [3.8, 4) is 0 Å². The minimum Gasteiger partial charge on any atom is -0.465 e. The summed E-state index contributed by atoms with van der Waals surface area (Å²) in [5, 5.41) is 14.5. The highest BCUT2D eigenvalue weighted by atomic mass is 16.5. The second-order valence-electron chi connectivity index (χ2n) is 4.32. The van der Waals surface area contributed by atoms with Crippen molar-refractivity contribution in [1.29, 1.82) is 0 Å². The van der Waals surface area contributed by atoms with Gasteiger partial charge < -0.3 is 15.2 Å². The van der Waals surface area contributed by atoms with E-state index in [0.717, 1.165) is 25.7 Å². The highest BCUT2D eigenvalue weighted by molar-refractivity contribution is 5.64. The summed E-state index contributed by atoms with van der Waals surface area (Å²) in [4.78, 5) is 13.2. The Balaban J connectivity index is 2.17. The number of nitrogens with zero attached hydrogens (tertiary/aromatic N) is 3. The predicted molar refractivity (Wildman–Crippen MR) is 61.8 cm³/mol. The molecule has 17 heavy (non-hydrogen) atoms. The van der Waals surface area contributed by atoms with Crippen LogP contribution in [0.5, 0.6) is 0 Å². The van der Waals surface area contributed by atoms with E-state index in [2.05, 4.69) is 15.3 Å². The number of nitrogens with one attached hydrogen (secondary N) is 1. The minimum absolute atomic E-state index is 0.0921. The Bertz CT molecular complexity index is 296. The van der Waals surface area contributed by atoms with Gasteiger partial charge in [0.05, 0.1) is 18.8 Å². The molecule has 0 bridgehead atoms. The van der Waals surface area contributed by atoms with Crippen molar-refractivity contribution < 1.29 is 14.6 Å². The van der Waals surface area contributed by atoms with Gasteiger partial charge in [-0.25, -0.2) is 4.79 Å². The molecule has 1 amide bonds. The van der Waals surface area contributed by atoms with Crippen molar-refractivity contribution in [2.24, 2.45) is 5.11 Å². The maximum atomic E-state index is 10.4. The first-order valence-corrected chi connectivity index (χ1v) is 5.77. The fourth-order valence-electron chi connectivity index (χ4n) is 1.93. The van der Waals surface area contributed by atoms with Gasteiger partial charge in [-0.2, -0.15) is 0 Å². The standard InChI is InChI=1S/C10H18N4O3/c1-7(12-10(15)16)6-17-9-4-2-8(3-5-9)13-14-11/h7-9,12H,2-6H2,1H3,(H,15,16)/t7-,8-,9-/m0/s1. The number of carbonyl (C=O) groups is 1. The van der Waals surface area contributed by atoms with Gasteiger partial charge in [-0.15, -0.1) is 0 Å². The van der Waals surface area contributed by atoms with Gasteiger partial charge in [0.15, 0.2) is 0 Å². The Kier molecular flexibility index (Phi) is 5.59. The monoisotopic (exact) mass is 242 g/mol. The topological polar surface area (TPSA) is 107 Å². The lowest BCUT2D eigenvalue weighted by Crippen LogP contribution is -2.36. The summed E-state index contributed by atoms with van der Waals surface area (Å²) in [6, 6.07) is -0.114. The van der Waals surface area contributed by atoms with Crippen LogP contribution in [0.15, 0.2) is 5.11 Å². The van der Waals surface area contributed by atoms with Gasteiger partial charge in [0.1, 0.15) is 0 Å². The Morgan fingerprint density at radius 2 is 2.24 bits per heavy atom. The largest absolute Gasteiger partial charge is 0.465 e. The Morgan fingerprint density at radius 3 is 2.76 bits per heavy atom. The van der Waals surface area contributed by atoms with Crippen LogP contribution in [0.1, 0.15) is 32.6 Å². The first-order valence-electron chi connectivity index (χ1n) is 5.77. The zero-order chi connectivity index (χ0) is 12.7. The third-order valence-electron chi connectivity index (χ3n) is 2.81. The number of hydrogen-bond donors (Lipinski definition) is 2. The molecule has 0 aliphatic heterocycles. The molecule has 7 heteroatoms. The van der Waals surface area contributed by atoms with Gasteiger partial charge in [-0.3, -0.25) is 0 Å². The first kappa shape index (κ1) is 13.6. The fraction of sp³-hybridized carbons (Fsp3) is 0.900. The molecular weight excluding hydrogens is 224 g/mol. The summed E-state index contributed by atoms with van der Waals surface area (Å²) in [7, 11) is 0. The average Bonchev–Trinajstić information content (AvgIpc) is 2.28. The van der Waals surface area contributed by atoms with E-state index in [0.29, 0.717) is 6.61 Å². The molecule has 1 aliphatic rings. The molecule has 0 aromatic rings. The van der Waals surface area contributed by atoms with Crippen LogP contribution in [0, 0.1) is 0 Å². The average molecular weight is 242 g/mol. The van der Waals surface area contributed by atoms with E-state index in [1.165, 1.54) is 0 Å². The lowest BCUT2D eigenvalue weighted by Gasteiger charge is -2.27. The van der Waals surface area contributed by atoms with Gasteiger partial charge in [-0.05, 0) is 38.1 Å². The summed E-state index contributed by atoms with van der Waals surface area (Å²) in [5.74, 6) is 0. The molecule has 0 unspecified atom stereocenters. The van der Waals surface area contributed by atoms with Crippen LogP contribution in [0.25, 0.3) is 10.4 Å². The highest BCUT2D eigenvalue weighted by Gasteiger charge is 2.21. The number of amides is 1. The van der Waals surface area contributed by atoms with Crippen molar-refractivity contribution in [3.63, 3.8) is 0 Å². The van der Waals surface area contributed by atoms with E-state index in [-0.39, 0.29) is 18.2 Å². The van der Waals surface area contributed by atoms with Crippen molar-refractivity contribution in [1.82, 2.24) is 5.32 Å². The summed E-state index contributed by atoms with van der Waals surface area (Å²) >= 11 is 0. The summed E-state index contributed by atoms with van der Waals surface area (Å²) in [6.07, 6.45) is 2.53. The Labute approximate surface area is 99.8 Å². The fourth-order valence-corrected chi connectivity index (χ4v) is 1.93. The molecule has 0 radical (unpaired) electrons. The van der Waals surface area contributed by atoms with Crippen LogP contribution in [0.2, 0.25) is 0 Å². The Hall–Kier alpha value is -1.46. The van der Waals surface area contributed by atoms with Gasteiger partial charge in [-0.1, -0.05) is 5.11 Å². The van der Waals surface area contributed by atoms with E-state index in [4.69, 9.17) is 15.4 Å². The van der Waals surface area contributed by atoms with Crippen LogP contribution in [0.3, 0.4) is 0 Å². The quantitative estimate of drug-likeness (QED) is 0.438. The molecule has 2 N–H and O–H groups in total. The van der Waals surface area contributed by atoms with Crippen LogP contribution in [-0.2, 0) is 4.74 Å². The van der Waals surface area contributed by atoms with Crippen LogP contribution in [0.4, 0.5) is 4.79 Å². The van der Waals surface area contributed by atoms with Crippen LogP contribution < -0.4 is 5.32 Å². The molecule has 1 rings (SSSR count). The van der Waals surface area contributed by atoms with Crippen molar-refractivity contribution in [2.45, 2.75) is 50.8 Å². The first-order chi connectivity index (χ1) is 8.11. The third kappa shape index (κ3) is 5.42. The zero-order valence-electron chi connectivity index (χ0n) is 9.87. The van der Waals surface area contributed by atoms with Gasteiger partial charge in [0.2, 0.25) is 0 Å². The molecule has 0 heterocycles. The van der Waals surface area contributed by atoms with Crippen molar-refractivity contribution in [3.05, 3.63) is 10.4 Å². The van der Waals surface area contributed by atoms with E-state index >= 15 is 0 Å². The molecular formula is C10H18N4O3. The van der Waals surface area contributed by atoms with E-state index in [9.17, 15) is 4.79 Å². The summed E-state index contributed by atoms with van der Waals surface area (Å²) in [5.41, 5.74) is 8.31. The molecule has 0 aromatic carbocycles. The van der Waals surface area contributed by atoms with Crippen molar-refractivity contribution >= 4 is 6.09 Å². The molecule has 0 saturated heterocycles. The Morgan fingerprint density at radius 1 is 1.59 bits per heavy atom.